The third-order valence-electron chi connectivity index (χ3n) is 3.36. The molecule has 3 rings (SSSR count). The second-order valence-corrected chi connectivity index (χ2v) is 4.78. The molecule has 2 aromatic rings. The van der Waals surface area contributed by atoms with E-state index < -0.39 is 0 Å². The van der Waals surface area contributed by atoms with Gasteiger partial charge in [-0.05, 0) is 37.6 Å². The van der Waals surface area contributed by atoms with Crippen molar-refractivity contribution in [2.45, 2.75) is 18.9 Å². The molecule has 0 unspecified atom stereocenters. The molecule has 0 radical (unpaired) electrons. The number of piperidine rings is 1. The molecule has 1 atom stereocenters. The second kappa shape index (κ2) is 6.63. The number of nitrogens with one attached hydrogen (secondary N) is 2. The summed E-state index contributed by atoms with van der Waals surface area (Å²) in [6.07, 6.45) is 5.42. The summed E-state index contributed by atoms with van der Waals surface area (Å²) in [4.78, 5) is 20.6. The maximum absolute atomic E-state index is 12.2. The van der Waals surface area contributed by atoms with E-state index in [1.165, 1.54) is 0 Å². The van der Waals surface area contributed by atoms with Crippen molar-refractivity contribution in [3.8, 4) is 0 Å². The maximum Gasteiger partial charge on any atom is 0.251 e. The summed E-state index contributed by atoms with van der Waals surface area (Å²) in [5.41, 5.74) is 2.19. The number of amides is 1. The van der Waals surface area contributed by atoms with E-state index in [0.29, 0.717) is 5.56 Å². The molecule has 2 heterocycles. The second-order valence-electron chi connectivity index (χ2n) is 4.78. The van der Waals surface area contributed by atoms with E-state index in [9.17, 15) is 4.79 Å². The van der Waals surface area contributed by atoms with Gasteiger partial charge in [-0.25, -0.2) is 0 Å². The zero-order chi connectivity index (χ0) is 13.1. The number of halogens is 1. The van der Waals surface area contributed by atoms with Gasteiger partial charge in [0.05, 0.1) is 11.0 Å². The Morgan fingerprint density at radius 1 is 1.25 bits per heavy atom. The Hall–Kier alpha value is -1.72. The van der Waals surface area contributed by atoms with Crippen molar-refractivity contribution in [3.63, 3.8) is 0 Å². The SMILES string of the molecule is Cl.O=C(N[C@H]1CCCNC1)c1ccc2nccnc2c1. The average molecular weight is 293 g/mol. The molecule has 0 bridgehead atoms. The molecule has 5 nitrogen and oxygen atoms in total. The van der Waals surface area contributed by atoms with Crippen LogP contribution in [-0.2, 0) is 0 Å². The van der Waals surface area contributed by atoms with E-state index in [-0.39, 0.29) is 24.4 Å². The minimum absolute atomic E-state index is 0. The van der Waals surface area contributed by atoms with E-state index in [2.05, 4.69) is 20.6 Å². The van der Waals surface area contributed by atoms with E-state index in [4.69, 9.17) is 0 Å². The van der Waals surface area contributed by atoms with Gasteiger partial charge in [0, 0.05) is 30.5 Å². The number of fused-ring (bicyclic) bond motifs is 1. The molecule has 1 aliphatic heterocycles. The van der Waals surface area contributed by atoms with Gasteiger partial charge in [0.2, 0.25) is 0 Å². The molecule has 1 amide bonds. The highest BCUT2D eigenvalue weighted by Gasteiger charge is 2.16. The first-order valence-electron chi connectivity index (χ1n) is 6.55. The summed E-state index contributed by atoms with van der Waals surface area (Å²) in [7, 11) is 0. The van der Waals surface area contributed by atoms with Gasteiger partial charge in [0.1, 0.15) is 0 Å². The van der Waals surface area contributed by atoms with Crippen LogP contribution < -0.4 is 10.6 Å². The van der Waals surface area contributed by atoms with Crippen LogP contribution in [0, 0.1) is 0 Å². The van der Waals surface area contributed by atoms with Crippen molar-refractivity contribution < 1.29 is 4.79 Å². The molecule has 1 aliphatic rings. The van der Waals surface area contributed by atoms with Gasteiger partial charge in [0.25, 0.3) is 5.91 Å². The zero-order valence-electron chi connectivity index (χ0n) is 11.0. The fourth-order valence-corrected chi connectivity index (χ4v) is 2.35. The number of carbonyl (C=O) groups excluding carboxylic acids is 1. The Labute approximate surface area is 123 Å². The highest BCUT2D eigenvalue weighted by atomic mass is 35.5. The molecule has 2 N–H and O–H groups in total. The normalized spacial score (nSPS) is 18.3. The van der Waals surface area contributed by atoms with Crippen LogP contribution in [0.25, 0.3) is 11.0 Å². The zero-order valence-corrected chi connectivity index (χ0v) is 11.8. The number of nitrogens with zero attached hydrogens (tertiary/aromatic N) is 2. The van der Waals surface area contributed by atoms with Gasteiger partial charge >= 0.3 is 0 Å². The maximum atomic E-state index is 12.2. The van der Waals surface area contributed by atoms with E-state index in [1.807, 2.05) is 6.07 Å². The molecule has 0 spiro atoms. The fraction of sp³-hybridized carbons (Fsp3) is 0.357. The van der Waals surface area contributed by atoms with Crippen molar-refractivity contribution in [1.29, 1.82) is 0 Å². The molecular formula is C14H17ClN4O. The van der Waals surface area contributed by atoms with Crippen molar-refractivity contribution in [3.05, 3.63) is 36.2 Å². The van der Waals surface area contributed by atoms with Gasteiger partial charge < -0.3 is 10.6 Å². The lowest BCUT2D eigenvalue weighted by Gasteiger charge is -2.23. The van der Waals surface area contributed by atoms with Crippen LogP contribution in [0.15, 0.2) is 30.6 Å². The molecular weight excluding hydrogens is 276 g/mol. The van der Waals surface area contributed by atoms with E-state index in [1.54, 1.807) is 24.5 Å². The van der Waals surface area contributed by atoms with Crippen LogP contribution >= 0.6 is 12.4 Å². The monoisotopic (exact) mass is 292 g/mol. The molecule has 1 saturated heterocycles. The average Bonchev–Trinajstić information content (AvgIpc) is 2.48. The summed E-state index contributed by atoms with van der Waals surface area (Å²) in [5.74, 6) is -0.0405. The van der Waals surface area contributed by atoms with Gasteiger partial charge in [-0.2, -0.15) is 0 Å². The van der Waals surface area contributed by atoms with Gasteiger partial charge in [-0.3, -0.25) is 14.8 Å². The Morgan fingerprint density at radius 2 is 2.05 bits per heavy atom. The molecule has 1 fully saturated rings. The summed E-state index contributed by atoms with van der Waals surface area (Å²) < 4.78 is 0. The summed E-state index contributed by atoms with van der Waals surface area (Å²) in [6, 6.07) is 5.63. The minimum Gasteiger partial charge on any atom is -0.348 e. The third-order valence-corrected chi connectivity index (χ3v) is 3.36. The number of benzene rings is 1. The lowest BCUT2D eigenvalue weighted by atomic mass is 10.1. The van der Waals surface area contributed by atoms with Crippen LogP contribution in [0.2, 0.25) is 0 Å². The first-order chi connectivity index (χ1) is 9.33. The first kappa shape index (κ1) is 14.7. The largest absolute Gasteiger partial charge is 0.348 e. The summed E-state index contributed by atoms with van der Waals surface area (Å²) >= 11 is 0. The van der Waals surface area contributed by atoms with Gasteiger partial charge in [0.15, 0.2) is 0 Å². The van der Waals surface area contributed by atoms with Crippen molar-refractivity contribution in [1.82, 2.24) is 20.6 Å². The van der Waals surface area contributed by atoms with E-state index in [0.717, 1.165) is 37.0 Å². The molecule has 106 valence electrons. The number of aromatic nitrogens is 2. The fourth-order valence-electron chi connectivity index (χ4n) is 2.35. The van der Waals surface area contributed by atoms with Crippen LogP contribution in [0.1, 0.15) is 23.2 Å². The first-order valence-corrected chi connectivity index (χ1v) is 6.55. The Morgan fingerprint density at radius 3 is 2.80 bits per heavy atom. The number of hydrogen-bond donors (Lipinski definition) is 2. The highest BCUT2D eigenvalue weighted by Crippen LogP contribution is 2.11. The summed E-state index contributed by atoms with van der Waals surface area (Å²) in [5, 5.41) is 6.33. The topological polar surface area (TPSA) is 66.9 Å². The molecule has 6 heteroatoms. The van der Waals surface area contributed by atoms with Crippen LogP contribution in [0.4, 0.5) is 0 Å². The number of carbonyl (C=O) groups is 1. The van der Waals surface area contributed by atoms with Crippen molar-refractivity contribution in [2.75, 3.05) is 13.1 Å². The van der Waals surface area contributed by atoms with Gasteiger partial charge in [-0.15, -0.1) is 12.4 Å². The van der Waals surface area contributed by atoms with E-state index >= 15 is 0 Å². The predicted molar refractivity (Wildman–Crippen MR) is 80.1 cm³/mol. The van der Waals surface area contributed by atoms with Crippen LogP contribution in [-0.4, -0.2) is 35.0 Å². The lowest BCUT2D eigenvalue weighted by molar-refractivity contribution is 0.0931. The molecule has 1 aromatic heterocycles. The Kier molecular flexibility index (Phi) is 4.87. The Bertz CT molecular complexity index is 598. The third kappa shape index (κ3) is 3.23. The minimum atomic E-state index is -0.0405. The molecule has 0 saturated carbocycles. The summed E-state index contributed by atoms with van der Waals surface area (Å²) in [6.45, 7) is 1.89. The molecule has 1 aromatic carbocycles. The molecule has 0 aliphatic carbocycles. The Balaban J connectivity index is 0.00000147. The quantitative estimate of drug-likeness (QED) is 0.881. The highest BCUT2D eigenvalue weighted by molar-refractivity contribution is 5.97. The number of rotatable bonds is 2. The van der Waals surface area contributed by atoms with Crippen LogP contribution in [0.3, 0.4) is 0 Å². The van der Waals surface area contributed by atoms with Crippen molar-refractivity contribution >= 4 is 29.3 Å². The smallest absolute Gasteiger partial charge is 0.251 e. The number of hydrogen-bond acceptors (Lipinski definition) is 4. The molecule has 20 heavy (non-hydrogen) atoms. The van der Waals surface area contributed by atoms with Gasteiger partial charge in [-0.1, -0.05) is 0 Å². The predicted octanol–water partition coefficient (Wildman–Crippen LogP) is 1.53. The standard InChI is InChI=1S/C14H16N4O.ClH/c19-14(18-11-2-1-5-15-9-11)10-3-4-12-13(8-10)17-7-6-16-12;/h3-4,6-8,11,15H,1-2,5,9H2,(H,18,19);1H/t11-;/m0./s1. The van der Waals surface area contributed by atoms with Crippen LogP contribution in [0.5, 0.6) is 0 Å². The van der Waals surface area contributed by atoms with Crippen molar-refractivity contribution in [2.24, 2.45) is 0 Å². The lowest BCUT2D eigenvalue weighted by Crippen LogP contribution is -2.45.